The van der Waals surface area contributed by atoms with Crippen molar-refractivity contribution in [1.82, 2.24) is 12.3 Å². The van der Waals surface area contributed by atoms with Gasteiger partial charge in [-0.15, -0.1) is 9.79 Å². The Balaban J connectivity index is -0.000000208. The van der Waals surface area contributed by atoms with E-state index < -0.39 is 16.5 Å². The van der Waals surface area contributed by atoms with Crippen LogP contribution in [0.2, 0.25) is 0 Å². The summed E-state index contributed by atoms with van der Waals surface area (Å²) in [5, 5.41) is 8.54. The van der Waals surface area contributed by atoms with E-state index in [1.54, 1.807) is 0 Å². The molecular formula is C7H16N2O6P2+2. The van der Waals surface area contributed by atoms with E-state index in [9.17, 15) is 9.13 Å². The van der Waals surface area contributed by atoms with Gasteiger partial charge < -0.3 is 17.4 Å². The van der Waals surface area contributed by atoms with E-state index in [0.717, 1.165) is 5.56 Å². The molecule has 0 aliphatic heterocycles. The molecule has 0 saturated heterocycles. The molecular weight excluding hydrogens is 270 g/mol. The summed E-state index contributed by atoms with van der Waals surface area (Å²) in [6.07, 6.45) is 0. The second kappa shape index (κ2) is 13.2. The molecule has 0 saturated carbocycles. The Morgan fingerprint density at radius 2 is 1.41 bits per heavy atom. The summed E-state index contributed by atoms with van der Waals surface area (Å²) in [7, 11) is -5.85. The first-order valence-corrected chi connectivity index (χ1v) is 5.97. The number of aliphatic hydroxyl groups is 1. The maximum Gasteiger partial charge on any atom is 0.745 e. The van der Waals surface area contributed by atoms with E-state index in [-0.39, 0.29) is 18.9 Å². The van der Waals surface area contributed by atoms with Crippen molar-refractivity contribution in [3.05, 3.63) is 35.9 Å². The van der Waals surface area contributed by atoms with Gasteiger partial charge in [0.1, 0.15) is 0 Å². The van der Waals surface area contributed by atoms with Gasteiger partial charge in [-0.25, -0.2) is 0 Å². The third-order valence-electron chi connectivity index (χ3n) is 1.17. The molecule has 0 amide bonds. The molecule has 0 heterocycles. The Bertz CT molecular complexity index is 311. The fraction of sp³-hybridized carbons (Fsp3) is 0.143. The molecule has 0 aliphatic carbocycles. The van der Waals surface area contributed by atoms with Crippen LogP contribution < -0.4 is 12.3 Å². The zero-order chi connectivity index (χ0) is 11.7. The van der Waals surface area contributed by atoms with Gasteiger partial charge in [-0.2, -0.15) is 0 Å². The fourth-order valence-corrected chi connectivity index (χ4v) is 1.12. The summed E-state index contributed by atoms with van der Waals surface area (Å²) in [5.74, 6) is 0. The average molecular weight is 286 g/mol. The molecule has 98 valence electrons. The van der Waals surface area contributed by atoms with Crippen LogP contribution in [0, 0.1) is 0 Å². The van der Waals surface area contributed by atoms with Crippen molar-refractivity contribution in [1.29, 1.82) is 0 Å². The van der Waals surface area contributed by atoms with Gasteiger partial charge in [0.05, 0.1) is 6.61 Å². The zero-order valence-corrected chi connectivity index (χ0v) is 10.8. The highest BCUT2D eigenvalue weighted by Crippen LogP contribution is 2.30. The molecule has 1 rings (SSSR count). The average Bonchev–Trinajstić information content (AvgIpc) is 2.18. The summed E-state index contributed by atoms with van der Waals surface area (Å²) >= 11 is 0. The molecule has 10 heteroatoms. The van der Waals surface area contributed by atoms with Gasteiger partial charge in [0.25, 0.3) is 0 Å². The molecule has 0 aromatic heterocycles. The summed E-state index contributed by atoms with van der Waals surface area (Å²) in [6.45, 7) is 0.140. The largest absolute Gasteiger partial charge is 0.745 e. The lowest BCUT2D eigenvalue weighted by atomic mass is 10.2. The highest BCUT2D eigenvalue weighted by atomic mass is 31.2. The molecule has 8 nitrogen and oxygen atoms in total. The normalized spacial score (nSPS) is 9.82. The van der Waals surface area contributed by atoms with Gasteiger partial charge in [-0.3, -0.25) is 0 Å². The van der Waals surface area contributed by atoms with Crippen molar-refractivity contribution in [2.24, 2.45) is 0 Å². The Morgan fingerprint density at radius 3 is 1.59 bits per heavy atom. The number of benzene rings is 1. The first kappa shape index (κ1) is 21.5. The van der Waals surface area contributed by atoms with Crippen LogP contribution in [0.3, 0.4) is 0 Å². The fourth-order valence-electron chi connectivity index (χ4n) is 0.643. The molecule has 0 radical (unpaired) electrons. The van der Waals surface area contributed by atoms with E-state index in [0.29, 0.717) is 0 Å². The molecule has 9 N–H and O–H groups in total. The molecule has 0 bridgehead atoms. The maximum absolute atomic E-state index is 9.39. The van der Waals surface area contributed by atoms with Gasteiger partial charge in [0.2, 0.25) is 0 Å². The van der Waals surface area contributed by atoms with Gasteiger partial charge in [0.15, 0.2) is 4.31 Å². The van der Waals surface area contributed by atoms with Gasteiger partial charge in [-0.1, -0.05) is 30.3 Å². The van der Waals surface area contributed by atoms with Crippen molar-refractivity contribution >= 4 is 16.5 Å². The summed E-state index contributed by atoms with van der Waals surface area (Å²) < 4.78 is 22.2. The molecule has 0 aliphatic rings. The quantitative estimate of drug-likeness (QED) is 0.522. The minimum Gasteiger partial charge on any atom is -0.392 e. The lowest BCUT2D eigenvalue weighted by Gasteiger charge is -1.89. The highest BCUT2D eigenvalue weighted by molar-refractivity contribution is 7.46. The van der Waals surface area contributed by atoms with E-state index in [4.69, 9.17) is 14.9 Å². The topological polar surface area (TPSA) is 174 Å². The minimum atomic E-state index is -2.92. The predicted octanol–water partition coefficient (Wildman–Crippen LogP) is 1.81. The molecule has 0 spiro atoms. The smallest absolute Gasteiger partial charge is 0.392 e. The highest BCUT2D eigenvalue weighted by Gasteiger charge is 2.31. The van der Waals surface area contributed by atoms with Crippen LogP contribution in [0.1, 0.15) is 5.56 Å². The van der Waals surface area contributed by atoms with Gasteiger partial charge in [-0.05, 0) is 5.56 Å². The standard InChI is InChI=1S/C7H8O.2H3N.O5P2/c8-6-7-4-2-1-3-5-7;;;1-6(2)5-7(3)4/h1-5,8H,6H2;2*1H3;/p+2. The minimum absolute atomic E-state index is 0. The van der Waals surface area contributed by atoms with Crippen LogP contribution in [0.15, 0.2) is 30.3 Å². The number of hydrogen-bond acceptors (Lipinski definition) is 6. The van der Waals surface area contributed by atoms with E-state index in [2.05, 4.69) is 4.31 Å². The molecule has 2 unspecified atom stereocenters. The monoisotopic (exact) mass is 286 g/mol. The van der Waals surface area contributed by atoms with Crippen molar-refractivity contribution < 1.29 is 28.3 Å². The van der Waals surface area contributed by atoms with Gasteiger partial charge >= 0.3 is 16.5 Å². The van der Waals surface area contributed by atoms with Crippen molar-refractivity contribution in [3.8, 4) is 0 Å². The summed E-state index contributed by atoms with van der Waals surface area (Å²) in [4.78, 5) is 15.3. The first-order chi connectivity index (χ1) is 7.06. The van der Waals surface area contributed by atoms with Crippen LogP contribution in [0.5, 0.6) is 0 Å². The van der Waals surface area contributed by atoms with Gasteiger partial charge in [0, 0.05) is 9.13 Å². The summed E-state index contributed by atoms with van der Waals surface area (Å²) in [5.41, 5.74) is 0.965. The Kier molecular flexibility index (Phi) is 16.7. The van der Waals surface area contributed by atoms with Crippen LogP contribution >= 0.6 is 16.5 Å². The Hall–Kier alpha value is -0.820. The van der Waals surface area contributed by atoms with Crippen LogP contribution in [0.4, 0.5) is 0 Å². The Labute approximate surface area is 100 Å². The third-order valence-corrected chi connectivity index (χ3v) is 2.28. The maximum atomic E-state index is 9.39. The predicted molar refractivity (Wildman–Crippen MR) is 63.1 cm³/mol. The molecule has 17 heavy (non-hydrogen) atoms. The van der Waals surface area contributed by atoms with Crippen molar-refractivity contribution in [2.45, 2.75) is 6.61 Å². The lowest BCUT2D eigenvalue weighted by molar-refractivity contribution is 0.282. The molecule has 1 aromatic rings. The molecule has 2 atom stereocenters. The van der Waals surface area contributed by atoms with Crippen LogP contribution in [-0.4, -0.2) is 14.9 Å². The third kappa shape index (κ3) is 15.2. The number of rotatable bonds is 3. The number of aliphatic hydroxyl groups excluding tert-OH is 1. The van der Waals surface area contributed by atoms with Crippen LogP contribution in [0.25, 0.3) is 0 Å². The van der Waals surface area contributed by atoms with Crippen LogP contribution in [-0.2, 0) is 20.0 Å². The first-order valence-electron chi connectivity index (χ1n) is 3.71. The second-order valence-electron chi connectivity index (χ2n) is 2.20. The SMILES string of the molecule is N.N.O=[P+](O)O[P+](=O)O.OCc1ccccc1. The summed E-state index contributed by atoms with van der Waals surface area (Å²) in [6, 6.07) is 9.52. The zero-order valence-electron chi connectivity index (χ0n) is 8.97. The second-order valence-corrected chi connectivity index (χ2v) is 3.81. The molecule has 0 fully saturated rings. The van der Waals surface area contributed by atoms with E-state index >= 15 is 0 Å². The molecule has 1 aromatic carbocycles. The number of hydrogen-bond donors (Lipinski definition) is 5. The Morgan fingerprint density at radius 1 is 1.00 bits per heavy atom. The lowest BCUT2D eigenvalue weighted by Crippen LogP contribution is -1.77. The van der Waals surface area contributed by atoms with E-state index in [1.165, 1.54) is 0 Å². The van der Waals surface area contributed by atoms with Crippen molar-refractivity contribution in [2.75, 3.05) is 0 Å². The van der Waals surface area contributed by atoms with E-state index in [1.807, 2.05) is 30.3 Å². The van der Waals surface area contributed by atoms with Crippen molar-refractivity contribution in [3.63, 3.8) is 0 Å².